The summed E-state index contributed by atoms with van der Waals surface area (Å²) in [5, 5.41) is 0. The van der Waals surface area contributed by atoms with Gasteiger partial charge in [0.05, 0.1) is 12.8 Å². The Morgan fingerprint density at radius 3 is 1.95 bits per heavy atom. The number of benzene rings is 2. The van der Waals surface area contributed by atoms with Crippen LogP contribution in [0.15, 0.2) is 60.7 Å². The Bertz CT molecular complexity index is 733. The molecule has 112 valence electrons. The number of nitrogens with zero attached hydrogens (tertiary/aromatic N) is 2. The van der Waals surface area contributed by atoms with E-state index in [4.69, 9.17) is 4.74 Å². The van der Waals surface area contributed by atoms with Crippen molar-refractivity contribution in [3.05, 3.63) is 83.2 Å². The molecule has 1 heterocycles. The Hall–Kier alpha value is -2.55. The van der Waals surface area contributed by atoms with E-state index in [1.165, 1.54) is 16.8 Å². The van der Waals surface area contributed by atoms with Crippen LogP contribution in [0.5, 0.6) is 6.01 Å². The van der Waals surface area contributed by atoms with Gasteiger partial charge in [0.2, 0.25) is 0 Å². The standard InChI is InChI=1S/C19H20N2O/c1-21-18(14-16-11-7-4-8-12-16)17(20-19(21)22-2)13-15-9-5-3-6-10-15/h3-12H,13-14H2,1-2H3. The van der Waals surface area contributed by atoms with Crippen molar-refractivity contribution in [3.8, 4) is 6.01 Å². The topological polar surface area (TPSA) is 27.1 Å². The third-order valence-electron chi connectivity index (χ3n) is 3.87. The van der Waals surface area contributed by atoms with Gasteiger partial charge < -0.3 is 9.30 Å². The lowest BCUT2D eigenvalue weighted by atomic mass is 10.0. The highest BCUT2D eigenvalue weighted by Crippen LogP contribution is 2.22. The predicted octanol–water partition coefficient (Wildman–Crippen LogP) is 3.61. The third-order valence-corrected chi connectivity index (χ3v) is 3.87. The van der Waals surface area contributed by atoms with Crippen LogP contribution in [0.2, 0.25) is 0 Å². The highest BCUT2D eigenvalue weighted by molar-refractivity contribution is 5.32. The van der Waals surface area contributed by atoms with Gasteiger partial charge in [0, 0.05) is 25.6 Å². The number of ether oxygens (including phenoxy) is 1. The minimum atomic E-state index is 0.664. The zero-order valence-corrected chi connectivity index (χ0v) is 13.0. The Labute approximate surface area is 131 Å². The highest BCUT2D eigenvalue weighted by atomic mass is 16.5. The molecule has 0 atom stereocenters. The van der Waals surface area contributed by atoms with E-state index in [1.807, 2.05) is 23.7 Å². The van der Waals surface area contributed by atoms with Crippen molar-refractivity contribution in [2.45, 2.75) is 12.8 Å². The summed E-state index contributed by atoms with van der Waals surface area (Å²) >= 11 is 0. The summed E-state index contributed by atoms with van der Waals surface area (Å²) in [6.07, 6.45) is 1.68. The lowest BCUT2D eigenvalue weighted by molar-refractivity contribution is 0.364. The number of aromatic nitrogens is 2. The van der Waals surface area contributed by atoms with Crippen LogP contribution in [-0.2, 0) is 19.9 Å². The molecule has 0 unspecified atom stereocenters. The van der Waals surface area contributed by atoms with Crippen LogP contribution in [0.25, 0.3) is 0 Å². The molecule has 3 nitrogen and oxygen atoms in total. The second kappa shape index (κ2) is 6.48. The molecule has 0 aliphatic heterocycles. The molecule has 0 N–H and O–H groups in total. The van der Waals surface area contributed by atoms with E-state index in [2.05, 4.69) is 53.5 Å². The van der Waals surface area contributed by atoms with E-state index in [0.29, 0.717) is 6.01 Å². The molecule has 0 aliphatic rings. The second-order valence-corrected chi connectivity index (χ2v) is 5.38. The Morgan fingerprint density at radius 1 is 0.864 bits per heavy atom. The first kappa shape index (κ1) is 14.4. The van der Waals surface area contributed by atoms with Crippen LogP contribution in [0.3, 0.4) is 0 Å². The van der Waals surface area contributed by atoms with Gasteiger partial charge in [0.25, 0.3) is 6.01 Å². The molecule has 0 fully saturated rings. The van der Waals surface area contributed by atoms with Crippen molar-refractivity contribution in [1.29, 1.82) is 0 Å². The zero-order chi connectivity index (χ0) is 15.4. The smallest absolute Gasteiger partial charge is 0.296 e. The first-order chi connectivity index (χ1) is 10.8. The number of methoxy groups -OCH3 is 1. The van der Waals surface area contributed by atoms with Gasteiger partial charge in [-0.05, 0) is 11.1 Å². The monoisotopic (exact) mass is 292 g/mol. The maximum Gasteiger partial charge on any atom is 0.296 e. The van der Waals surface area contributed by atoms with Gasteiger partial charge >= 0.3 is 0 Å². The summed E-state index contributed by atoms with van der Waals surface area (Å²) in [6.45, 7) is 0. The van der Waals surface area contributed by atoms with E-state index >= 15 is 0 Å². The van der Waals surface area contributed by atoms with Crippen molar-refractivity contribution < 1.29 is 4.74 Å². The van der Waals surface area contributed by atoms with Gasteiger partial charge in [0.15, 0.2) is 0 Å². The van der Waals surface area contributed by atoms with E-state index in [9.17, 15) is 0 Å². The zero-order valence-electron chi connectivity index (χ0n) is 13.0. The average molecular weight is 292 g/mol. The lowest BCUT2D eigenvalue weighted by Crippen LogP contribution is -2.02. The fourth-order valence-electron chi connectivity index (χ4n) is 2.69. The van der Waals surface area contributed by atoms with Crippen molar-refractivity contribution in [2.24, 2.45) is 7.05 Å². The van der Waals surface area contributed by atoms with Gasteiger partial charge in [0.1, 0.15) is 0 Å². The van der Waals surface area contributed by atoms with Crippen LogP contribution in [0.4, 0.5) is 0 Å². The quantitative estimate of drug-likeness (QED) is 0.718. The fraction of sp³-hybridized carbons (Fsp3) is 0.211. The van der Waals surface area contributed by atoms with Crippen LogP contribution in [0, 0.1) is 0 Å². The van der Waals surface area contributed by atoms with E-state index < -0.39 is 0 Å². The molecule has 0 aliphatic carbocycles. The van der Waals surface area contributed by atoms with Crippen LogP contribution in [-0.4, -0.2) is 16.7 Å². The molecular weight excluding hydrogens is 272 g/mol. The maximum absolute atomic E-state index is 5.39. The summed E-state index contributed by atoms with van der Waals surface area (Å²) in [5.74, 6) is 0. The molecular formula is C19H20N2O. The maximum atomic E-state index is 5.39. The minimum Gasteiger partial charge on any atom is -0.468 e. The molecule has 0 saturated carbocycles. The Morgan fingerprint density at radius 2 is 1.41 bits per heavy atom. The predicted molar refractivity (Wildman–Crippen MR) is 88.3 cm³/mol. The molecule has 0 bridgehead atoms. The van der Waals surface area contributed by atoms with E-state index in [0.717, 1.165) is 18.5 Å². The van der Waals surface area contributed by atoms with E-state index in [-0.39, 0.29) is 0 Å². The number of hydrogen-bond donors (Lipinski definition) is 0. The Kier molecular flexibility index (Phi) is 4.24. The fourth-order valence-corrected chi connectivity index (χ4v) is 2.69. The molecule has 0 spiro atoms. The molecule has 3 rings (SSSR count). The van der Waals surface area contributed by atoms with Crippen molar-refractivity contribution in [3.63, 3.8) is 0 Å². The third kappa shape index (κ3) is 3.03. The minimum absolute atomic E-state index is 0.664. The van der Waals surface area contributed by atoms with Crippen LogP contribution < -0.4 is 4.74 Å². The summed E-state index contributed by atoms with van der Waals surface area (Å²) < 4.78 is 7.44. The van der Waals surface area contributed by atoms with Crippen LogP contribution >= 0.6 is 0 Å². The molecule has 2 aromatic carbocycles. The van der Waals surface area contributed by atoms with Gasteiger partial charge in [-0.2, -0.15) is 4.98 Å². The summed E-state index contributed by atoms with van der Waals surface area (Å²) in [5.41, 5.74) is 4.82. The largest absolute Gasteiger partial charge is 0.468 e. The molecule has 0 amide bonds. The molecule has 1 aromatic heterocycles. The number of rotatable bonds is 5. The SMILES string of the molecule is COc1nc(Cc2ccccc2)c(Cc2ccccc2)n1C. The first-order valence-corrected chi connectivity index (χ1v) is 7.44. The van der Waals surface area contributed by atoms with Gasteiger partial charge in [-0.15, -0.1) is 0 Å². The Balaban J connectivity index is 1.95. The summed E-state index contributed by atoms with van der Waals surface area (Å²) in [4.78, 5) is 4.66. The number of hydrogen-bond acceptors (Lipinski definition) is 2. The van der Waals surface area contributed by atoms with Crippen molar-refractivity contribution in [1.82, 2.24) is 9.55 Å². The molecule has 0 radical (unpaired) electrons. The second-order valence-electron chi connectivity index (χ2n) is 5.38. The van der Waals surface area contributed by atoms with E-state index in [1.54, 1.807) is 7.11 Å². The summed E-state index contributed by atoms with van der Waals surface area (Å²) in [6, 6.07) is 21.6. The van der Waals surface area contributed by atoms with Gasteiger partial charge in [-0.1, -0.05) is 60.7 Å². The van der Waals surface area contributed by atoms with Crippen molar-refractivity contribution >= 4 is 0 Å². The highest BCUT2D eigenvalue weighted by Gasteiger charge is 2.15. The van der Waals surface area contributed by atoms with Gasteiger partial charge in [-0.3, -0.25) is 0 Å². The van der Waals surface area contributed by atoms with Gasteiger partial charge in [-0.25, -0.2) is 0 Å². The summed E-state index contributed by atoms with van der Waals surface area (Å²) in [7, 11) is 3.68. The molecule has 22 heavy (non-hydrogen) atoms. The lowest BCUT2D eigenvalue weighted by Gasteiger charge is -2.07. The molecule has 0 saturated heterocycles. The average Bonchev–Trinajstić information content (AvgIpc) is 2.85. The molecule has 3 aromatic rings. The normalized spacial score (nSPS) is 10.6. The van der Waals surface area contributed by atoms with Crippen LogP contribution in [0.1, 0.15) is 22.5 Å². The first-order valence-electron chi connectivity index (χ1n) is 7.44. The number of imidazole rings is 1. The molecule has 3 heteroatoms. The van der Waals surface area contributed by atoms with Crippen molar-refractivity contribution in [2.75, 3.05) is 7.11 Å².